The lowest BCUT2D eigenvalue weighted by atomic mass is 9.78. The topological polar surface area (TPSA) is 23.5 Å². The SMILES string of the molecule is CCC1(C)CCN(CC(C)(C)O)CC1. The van der Waals surface area contributed by atoms with Gasteiger partial charge in [0, 0.05) is 6.54 Å². The lowest BCUT2D eigenvalue weighted by Gasteiger charge is -2.40. The van der Waals surface area contributed by atoms with Crippen molar-refractivity contribution in [3.63, 3.8) is 0 Å². The second-order valence-electron chi connectivity index (χ2n) is 5.75. The molecule has 14 heavy (non-hydrogen) atoms. The number of rotatable bonds is 3. The molecule has 1 fully saturated rings. The Balaban J connectivity index is 2.36. The van der Waals surface area contributed by atoms with E-state index in [2.05, 4.69) is 18.7 Å². The molecule has 2 nitrogen and oxygen atoms in total. The Hall–Kier alpha value is -0.0800. The minimum Gasteiger partial charge on any atom is -0.389 e. The first-order valence-corrected chi connectivity index (χ1v) is 5.79. The highest BCUT2D eigenvalue weighted by Gasteiger charge is 2.30. The van der Waals surface area contributed by atoms with Crippen molar-refractivity contribution < 1.29 is 5.11 Å². The van der Waals surface area contributed by atoms with Crippen LogP contribution in [-0.4, -0.2) is 35.2 Å². The van der Waals surface area contributed by atoms with Gasteiger partial charge in [-0.3, -0.25) is 0 Å². The lowest BCUT2D eigenvalue weighted by Crippen LogP contribution is -2.45. The average Bonchev–Trinajstić information content (AvgIpc) is 2.07. The van der Waals surface area contributed by atoms with Gasteiger partial charge in [-0.05, 0) is 45.2 Å². The molecule has 0 aromatic rings. The normalized spacial score (nSPS) is 23.8. The second kappa shape index (κ2) is 4.19. The van der Waals surface area contributed by atoms with Crippen LogP contribution in [0.2, 0.25) is 0 Å². The molecule has 0 aromatic heterocycles. The summed E-state index contributed by atoms with van der Waals surface area (Å²) in [4.78, 5) is 2.39. The minimum absolute atomic E-state index is 0.542. The highest BCUT2D eigenvalue weighted by Crippen LogP contribution is 2.34. The van der Waals surface area contributed by atoms with Crippen molar-refractivity contribution in [3.05, 3.63) is 0 Å². The van der Waals surface area contributed by atoms with Crippen LogP contribution >= 0.6 is 0 Å². The third kappa shape index (κ3) is 3.58. The Morgan fingerprint density at radius 3 is 2.14 bits per heavy atom. The molecule has 1 saturated heterocycles. The van der Waals surface area contributed by atoms with E-state index in [1.54, 1.807) is 0 Å². The fraction of sp³-hybridized carbons (Fsp3) is 1.00. The van der Waals surface area contributed by atoms with E-state index >= 15 is 0 Å². The van der Waals surface area contributed by atoms with Gasteiger partial charge in [0.2, 0.25) is 0 Å². The number of aliphatic hydroxyl groups is 1. The Morgan fingerprint density at radius 2 is 1.79 bits per heavy atom. The summed E-state index contributed by atoms with van der Waals surface area (Å²) in [6.07, 6.45) is 3.84. The molecule has 0 spiro atoms. The van der Waals surface area contributed by atoms with Crippen molar-refractivity contribution in [1.29, 1.82) is 0 Å². The van der Waals surface area contributed by atoms with Crippen LogP contribution in [0.5, 0.6) is 0 Å². The van der Waals surface area contributed by atoms with Crippen molar-refractivity contribution in [2.75, 3.05) is 19.6 Å². The molecule has 1 aliphatic rings. The van der Waals surface area contributed by atoms with Gasteiger partial charge in [-0.15, -0.1) is 0 Å². The largest absolute Gasteiger partial charge is 0.389 e. The molecule has 1 N–H and O–H groups in total. The molecule has 0 amide bonds. The van der Waals surface area contributed by atoms with Gasteiger partial charge < -0.3 is 10.0 Å². The number of piperidine rings is 1. The Bertz CT molecular complexity index is 175. The molecule has 0 radical (unpaired) electrons. The third-order valence-corrected chi connectivity index (χ3v) is 3.53. The highest BCUT2D eigenvalue weighted by atomic mass is 16.3. The molecule has 1 heterocycles. The summed E-state index contributed by atoms with van der Waals surface area (Å²) >= 11 is 0. The van der Waals surface area contributed by atoms with Crippen LogP contribution in [-0.2, 0) is 0 Å². The lowest BCUT2D eigenvalue weighted by molar-refractivity contribution is 0.0124. The summed E-state index contributed by atoms with van der Waals surface area (Å²) in [7, 11) is 0. The van der Waals surface area contributed by atoms with Gasteiger partial charge in [-0.1, -0.05) is 20.3 Å². The molecule has 1 rings (SSSR count). The van der Waals surface area contributed by atoms with Crippen LogP contribution in [0.1, 0.15) is 47.0 Å². The number of β-amino-alcohol motifs (C(OH)–C–C–N with tert-alkyl or cyclic N) is 1. The summed E-state index contributed by atoms with van der Waals surface area (Å²) in [5, 5.41) is 9.72. The molecule has 0 aromatic carbocycles. The first-order valence-electron chi connectivity index (χ1n) is 5.79. The minimum atomic E-state index is -0.542. The average molecular weight is 199 g/mol. The van der Waals surface area contributed by atoms with Gasteiger partial charge in [0.05, 0.1) is 5.60 Å². The fourth-order valence-electron chi connectivity index (χ4n) is 2.15. The highest BCUT2D eigenvalue weighted by molar-refractivity contribution is 4.83. The maximum Gasteiger partial charge on any atom is 0.0718 e. The van der Waals surface area contributed by atoms with Crippen LogP contribution in [0.3, 0.4) is 0 Å². The van der Waals surface area contributed by atoms with E-state index < -0.39 is 5.60 Å². The van der Waals surface area contributed by atoms with Crippen LogP contribution in [0.15, 0.2) is 0 Å². The van der Waals surface area contributed by atoms with Gasteiger partial charge in [-0.2, -0.15) is 0 Å². The molecule has 2 heteroatoms. The number of hydrogen-bond acceptors (Lipinski definition) is 2. The Kier molecular flexibility index (Phi) is 3.59. The molecule has 0 aliphatic carbocycles. The van der Waals surface area contributed by atoms with E-state index in [9.17, 15) is 5.11 Å². The Morgan fingerprint density at radius 1 is 1.29 bits per heavy atom. The van der Waals surface area contributed by atoms with Crippen molar-refractivity contribution in [2.45, 2.75) is 52.6 Å². The predicted molar refractivity (Wildman–Crippen MR) is 60.4 cm³/mol. The molecule has 84 valence electrons. The van der Waals surface area contributed by atoms with Gasteiger partial charge in [0.25, 0.3) is 0 Å². The zero-order chi connectivity index (χ0) is 10.8. The molecule has 0 bridgehead atoms. The standard InChI is InChI=1S/C12H25NO/c1-5-12(4)6-8-13(9-7-12)10-11(2,3)14/h14H,5-10H2,1-4H3. The predicted octanol–water partition coefficient (Wildman–Crippen LogP) is 2.27. The molecule has 1 aliphatic heterocycles. The number of nitrogens with zero attached hydrogens (tertiary/aromatic N) is 1. The molecule has 0 atom stereocenters. The number of hydrogen-bond donors (Lipinski definition) is 1. The number of likely N-dealkylation sites (tertiary alicyclic amines) is 1. The molecule has 0 unspecified atom stereocenters. The van der Waals surface area contributed by atoms with E-state index in [1.807, 2.05) is 13.8 Å². The van der Waals surface area contributed by atoms with Crippen molar-refractivity contribution in [2.24, 2.45) is 5.41 Å². The molecule has 0 saturated carbocycles. The van der Waals surface area contributed by atoms with E-state index in [0.29, 0.717) is 5.41 Å². The van der Waals surface area contributed by atoms with Gasteiger partial charge >= 0.3 is 0 Å². The first-order chi connectivity index (χ1) is 6.35. The van der Waals surface area contributed by atoms with E-state index in [-0.39, 0.29) is 0 Å². The first kappa shape index (κ1) is 12.0. The summed E-state index contributed by atoms with van der Waals surface area (Å²) in [6, 6.07) is 0. The summed E-state index contributed by atoms with van der Waals surface area (Å²) in [6.45, 7) is 11.6. The molecular formula is C12H25NO. The summed E-state index contributed by atoms with van der Waals surface area (Å²) < 4.78 is 0. The Labute approximate surface area is 88.3 Å². The van der Waals surface area contributed by atoms with E-state index in [1.165, 1.54) is 19.3 Å². The third-order valence-electron chi connectivity index (χ3n) is 3.53. The quantitative estimate of drug-likeness (QED) is 0.753. The van der Waals surface area contributed by atoms with Crippen molar-refractivity contribution in [3.8, 4) is 0 Å². The maximum atomic E-state index is 9.72. The monoisotopic (exact) mass is 199 g/mol. The van der Waals surface area contributed by atoms with Crippen LogP contribution in [0, 0.1) is 5.41 Å². The fourth-order valence-corrected chi connectivity index (χ4v) is 2.15. The van der Waals surface area contributed by atoms with E-state index in [0.717, 1.165) is 19.6 Å². The van der Waals surface area contributed by atoms with Gasteiger partial charge in [-0.25, -0.2) is 0 Å². The summed E-state index contributed by atoms with van der Waals surface area (Å²) in [5.41, 5.74) is 0.00997. The molecular weight excluding hydrogens is 174 g/mol. The van der Waals surface area contributed by atoms with Crippen LogP contribution in [0.4, 0.5) is 0 Å². The van der Waals surface area contributed by atoms with E-state index in [4.69, 9.17) is 0 Å². The zero-order valence-corrected chi connectivity index (χ0v) is 10.1. The second-order valence-corrected chi connectivity index (χ2v) is 5.75. The summed E-state index contributed by atoms with van der Waals surface area (Å²) in [5.74, 6) is 0. The van der Waals surface area contributed by atoms with Crippen LogP contribution < -0.4 is 0 Å². The smallest absolute Gasteiger partial charge is 0.0718 e. The van der Waals surface area contributed by atoms with Crippen molar-refractivity contribution >= 4 is 0 Å². The maximum absolute atomic E-state index is 9.72. The van der Waals surface area contributed by atoms with Gasteiger partial charge in [0.15, 0.2) is 0 Å². The van der Waals surface area contributed by atoms with Crippen molar-refractivity contribution in [1.82, 2.24) is 4.90 Å². The van der Waals surface area contributed by atoms with Crippen LogP contribution in [0.25, 0.3) is 0 Å². The zero-order valence-electron chi connectivity index (χ0n) is 10.1. The van der Waals surface area contributed by atoms with Gasteiger partial charge in [0.1, 0.15) is 0 Å².